The van der Waals surface area contributed by atoms with E-state index >= 15 is 0 Å². The van der Waals surface area contributed by atoms with Gasteiger partial charge in [-0.15, -0.1) is 0 Å². The molecule has 1 aromatic carbocycles. The van der Waals surface area contributed by atoms with Gasteiger partial charge in [-0.1, -0.05) is 13.8 Å². The molecule has 0 unspecified atom stereocenters. The van der Waals surface area contributed by atoms with E-state index in [0.717, 1.165) is 64.8 Å². The van der Waals surface area contributed by atoms with Gasteiger partial charge in [0.25, 0.3) is 5.91 Å². The van der Waals surface area contributed by atoms with Crippen LogP contribution in [0.1, 0.15) is 89.9 Å². The highest BCUT2D eigenvalue weighted by Crippen LogP contribution is 2.47. The van der Waals surface area contributed by atoms with E-state index in [1.54, 1.807) is 11.1 Å². The van der Waals surface area contributed by atoms with Gasteiger partial charge in [-0.2, -0.15) is 0 Å². The molecule has 1 aliphatic carbocycles. The molecule has 6 rings (SSSR count). The molecular weight excluding hydrogens is 571 g/mol. The van der Waals surface area contributed by atoms with Crippen molar-refractivity contribution in [3.8, 4) is 11.5 Å². The summed E-state index contributed by atoms with van der Waals surface area (Å²) in [5.41, 5.74) is 0.249. The number of carbonyl (C=O) groups excluding carboxylic acids is 2. The van der Waals surface area contributed by atoms with E-state index in [9.17, 15) is 14.0 Å². The van der Waals surface area contributed by atoms with Crippen LogP contribution in [0.4, 0.5) is 10.2 Å². The second-order valence-electron chi connectivity index (χ2n) is 15.0. The Labute approximate surface area is 266 Å². The van der Waals surface area contributed by atoms with Crippen LogP contribution in [0.5, 0.6) is 11.5 Å². The van der Waals surface area contributed by atoms with Crippen molar-refractivity contribution in [1.82, 2.24) is 25.1 Å². The highest BCUT2D eigenvalue weighted by molar-refractivity contribution is 5.97. The molecule has 3 aliphatic heterocycles. The molecule has 1 aromatic heterocycles. The van der Waals surface area contributed by atoms with Gasteiger partial charge in [-0.25, -0.2) is 14.4 Å². The van der Waals surface area contributed by atoms with Gasteiger partial charge in [0.1, 0.15) is 17.9 Å². The zero-order chi connectivity index (χ0) is 32.0. The van der Waals surface area contributed by atoms with Gasteiger partial charge in [0.05, 0.1) is 11.8 Å². The molecule has 4 aliphatic rings. The number of anilines is 1. The number of benzene rings is 1. The van der Waals surface area contributed by atoms with Crippen LogP contribution in [0, 0.1) is 22.6 Å². The maximum absolute atomic E-state index is 14.3. The van der Waals surface area contributed by atoms with Gasteiger partial charge in [0.15, 0.2) is 11.6 Å². The molecule has 3 saturated heterocycles. The molecule has 1 saturated carbocycles. The molecule has 1 N–H and O–H groups in total. The number of rotatable bonds is 8. The molecule has 0 atom stereocenters. The Balaban J connectivity index is 1.04. The normalized spacial score (nSPS) is 25.8. The average Bonchev–Trinajstić information content (AvgIpc) is 3.21. The van der Waals surface area contributed by atoms with Gasteiger partial charge < -0.3 is 24.8 Å². The van der Waals surface area contributed by atoms with Gasteiger partial charge in [-0.05, 0) is 103 Å². The largest absolute Gasteiger partial charge is 0.451 e. The van der Waals surface area contributed by atoms with Crippen LogP contribution in [0.25, 0.3) is 0 Å². The van der Waals surface area contributed by atoms with Gasteiger partial charge in [0.2, 0.25) is 5.91 Å². The van der Waals surface area contributed by atoms with Crippen molar-refractivity contribution in [1.29, 1.82) is 0 Å². The summed E-state index contributed by atoms with van der Waals surface area (Å²) in [7, 11) is 0. The Morgan fingerprint density at radius 2 is 1.84 bits per heavy atom. The quantitative estimate of drug-likeness (QED) is 0.408. The van der Waals surface area contributed by atoms with Gasteiger partial charge >= 0.3 is 0 Å². The first-order chi connectivity index (χ1) is 21.4. The van der Waals surface area contributed by atoms with E-state index in [0.29, 0.717) is 29.8 Å². The lowest BCUT2D eigenvalue weighted by molar-refractivity contribution is -0.126. The summed E-state index contributed by atoms with van der Waals surface area (Å²) >= 11 is 0. The van der Waals surface area contributed by atoms with Crippen molar-refractivity contribution in [3.05, 3.63) is 42.1 Å². The number of halogens is 1. The fourth-order valence-electron chi connectivity index (χ4n) is 8.29. The number of aromatic nitrogens is 2. The number of hydrogen-bond acceptors (Lipinski definition) is 7. The smallest absolute Gasteiger partial charge is 0.257 e. The molecule has 0 radical (unpaired) electrons. The minimum atomic E-state index is -0.482. The molecule has 9 nitrogen and oxygen atoms in total. The zero-order valence-corrected chi connectivity index (χ0v) is 27.6. The first-order valence-corrected chi connectivity index (χ1v) is 16.8. The summed E-state index contributed by atoms with van der Waals surface area (Å²) in [5.74, 6) is 1.65. The maximum Gasteiger partial charge on any atom is 0.257 e. The summed E-state index contributed by atoms with van der Waals surface area (Å²) in [6.07, 6.45) is 11.0. The van der Waals surface area contributed by atoms with Crippen LogP contribution in [0.15, 0.2) is 30.7 Å². The number of hydrogen-bond donors (Lipinski definition) is 1. The predicted octanol–water partition coefficient (Wildman–Crippen LogP) is 5.66. The Bertz CT molecular complexity index is 1410. The minimum absolute atomic E-state index is 0.0264. The summed E-state index contributed by atoms with van der Waals surface area (Å²) in [5, 5.41) is 3.36. The number of nitrogens with zero attached hydrogens (tertiary/aromatic N) is 5. The second kappa shape index (κ2) is 12.2. The molecule has 4 heterocycles. The molecule has 0 bridgehead atoms. The third-order valence-corrected chi connectivity index (χ3v) is 10.9. The van der Waals surface area contributed by atoms with E-state index in [4.69, 9.17) is 4.74 Å². The van der Waals surface area contributed by atoms with E-state index in [1.165, 1.54) is 37.4 Å². The molecule has 45 heavy (non-hydrogen) atoms. The third-order valence-electron chi connectivity index (χ3n) is 10.9. The monoisotopic (exact) mass is 620 g/mol. The topological polar surface area (TPSA) is 90.9 Å². The fourth-order valence-corrected chi connectivity index (χ4v) is 8.29. The maximum atomic E-state index is 14.3. The molecule has 244 valence electrons. The van der Waals surface area contributed by atoms with Gasteiger partial charge in [-0.3, -0.25) is 9.59 Å². The van der Waals surface area contributed by atoms with Crippen LogP contribution in [-0.4, -0.2) is 82.4 Å². The van der Waals surface area contributed by atoms with Crippen molar-refractivity contribution >= 4 is 17.6 Å². The highest BCUT2D eigenvalue weighted by Gasteiger charge is 2.50. The van der Waals surface area contributed by atoms with Crippen LogP contribution in [0.3, 0.4) is 0 Å². The summed E-state index contributed by atoms with van der Waals surface area (Å²) in [6.45, 7) is 15.6. The third kappa shape index (κ3) is 6.40. The van der Waals surface area contributed by atoms with Crippen LogP contribution >= 0.6 is 0 Å². The minimum Gasteiger partial charge on any atom is -0.451 e. The molecule has 2 spiro atoms. The average molecular weight is 621 g/mol. The number of piperidine rings is 1. The van der Waals surface area contributed by atoms with Crippen molar-refractivity contribution in [2.45, 2.75) is 91.1 Å². The van der Waals surface area contributed by atoms with Gasteiger partial charge in [0, 0.05) is 48.6 Å². The fraction of sp³-hybridized carbons (Fsp3) is 0.657. The lowest BCUT2D eigenvalue weighted by atomic mass is 9.70. The number of ether oxygens (including phenoxy) is 1. The lowest BCUT2D eigenvalue weighted by Crippen LogP contribution is -2.61. The lowest BCUT2D eigenvalue weighted by Gasteiger charge is -2.55. The first kappa shape index (κ1) is 31.7. The predicted molar refractivity (Wildman–Crippen MR) is 172 cm³/mol. The number of likely N-dealkylation sites (tertiary alicyclic amines) is 1. The summed E-state index contributed by atoms with van der Waals surface area (Å²) in [4.78, 5) is 41.1. The second-order valence-corrected chi connectivity index (χ2v) is 15.0. The number of amides is 2. The van der Waals surface area contributed by atoms with Crippen molar-refractivity contribution in [3.63, 3.8) is 0 Å². The molecule has 4 fully saturated rings. The van der Waals surface area contributed by atoms with Crippen LogP contribution < -0.4 is 15.0 Å². The zero-order valence-electron chi connectivity index (χ0n) is 27.6. The first-order valence-electron chi connectivity index (χ1n) is 16.8. The Kier molecular flexibility index (Phi) is 8.56. The Morgan fingerprint density at radius 3 is 2.47 bits per heavy atom. The molecule has 2 amide bonds. The van der Waals surface area contributed by atoms with Crippen molar-refractivity contribution < 1.29 is 18.7 Å². The Morgan fingerprint density at radius 1 is 1.13 bits per heavy atom. The van der Waals surface area contributed by atoms with Crippen molar-refractivity contribution in [2.75, 3.05) is 44.2 Å². The van der Waals surface area contributed by atoms with E-state index in [-0.39, 0.29) is 39.8 Å². The van der Waals surface area contributed by atoms with Crippen molar-refractivity contribution in [2.24, 2.45) is 16.7 Å². The molecule has 10 heteroatoms. The number of carbonyl (C=O) groups is 2. The van der Waals surface area contributed by atoms with E-state index in [1.807, 2.05) is 20.8 Å². The summed E-state index contributed by atoms with van der Waals surface area (Å²) < 4.78 is 20.5. The standard InChI is InChI=1S/C35H49FN6O3/c1-6-42(24(2)3)31(43)27-17-26(36)7-8-28(27)45-29-18-37-23-38-30(29)41-21-34(22-41)13-15-40(16-14-34)19-25-9-11-35(12-10-25)20-33(4,5)32(44)39-35/h7-8,17-18,23-25H,6,9-16,19-22H2,1-5H3,(H,39,44)/t25-,35-. The summed E-state index contributed by atoms with van der Waals surface area (Å²) in [6, 6.07) is 4.04. The van der Waals surface area contributed by atoms with Crippen LogP contribution in [0.2, 0.25) is 0 Å². The Hall–Kier alpha value is -3.27. The van der Waals surface area contributed by atoms with E-state index in [2.05, 4.69) is 38.9 Å². The molecular formula is C35H49FN6O3. The molecule has 2 aromatic rings. The number of nitrogens with one attached hydrogen (secondary N) is 1. The highest BCUT2D eigenvalue weighted by atomic mass is 19.1. The van der Waals surface area contributed by atoms with Crippen LogP contribution in [-0.2, 0) is 4.79 Å². The SMILES string of the molecule is CCN(C(=O)c1cc(F)ccc1Oc1cncnc1N1CC2(CCN(C[C@H]3CC[C@]4(CC3)CC(C)(C)C(=O)N4)CC2)C1)C(C)C. The van der Waals surface area contributed by atoms with E-state index < -0.39 is 5.82 Å².